The van der Waals surface area contributed by atoms with E-state index in [1.54, 1.807) is 30.3 Å². The number of thiazole rings is 1. The lowest BCUT2D eigenvalue weighted by molar-refractivity contribution is -0.116. The van der Waals surface area contributed by atoms with Gasteiger partial charge in [0.15, 0.2) is 5.13 Å². The van der Waals surface area contributed by atoms with Gasteiger partial charge in [0.05, 0.1) is 17.1 Å². The van der Waals surface area contributed by atoms with Crippen LogP contribution in [-0.2, 0) is 16.0 Å². The van der Waals surface area contributed by atoms with Gasteiger partial charge in [-0.25, -0.2) is 4.98 Å². The summed E-state index contributed by atoms with van der Waals surface area (Å²) in [5, 5.41) is 9.28. The average molecular weight is 639 g/mol. The van der Waals surface area contributed by atoms with E-state index in [0.29, 0.717) is 31.6 Å². The molecule has 41 heavy (non-hydrogen) atoms. The van der Waals surface area contributed by atoms with E-state index in [1.165, 1.54) is 23.1 Å². The van der Waals surface area contributed by atoms with Crippen LogP contribution in [0.1, 0.15) is 16.4 Å². The van der Waals surface area contributed by atoms with Gasteiger partial charge in [0.1, 0.15) is 5.25 Å². The number of rotatable bonds is 9. The fraction of sp³-hybridized carbons (Fsp3) is 0.0645. The SMILES string of the molecule is O=C(Cc1ccc(Cl)cc1)Nc1cccc(SC(C(=O)Nc2nc(-c3ccc(Cl)cc3Cl)cs2)c2ccccc2)c1. The molecular weight excluding hydrogens is 617 g/mol. The molecular formula is C31H22Cl3N3O2S2. The number of carbonyl (C=O) groups is 2. The number of carbonyl (C=O) groups excluding carboxylic acids is 2. The number of halogens is 3. The van der Waals surface area contributed by atoms with Gasteiger partial charge in [0, 0.05) is 31.6 Å². The van der Waals surface area contributed by atoms with Crippen molar-refractivity contribution in [3.8, 4) is 11.3 Å². The van der Waals surface area contributed by atoms with E-state index in [2.05, 4.69) is 15.6 Å². The van der Waals surface area contributed by atoms with E-state index in [0.717, 1.165) is 21.6 Å². The number of amides is 2. The van der Waals surface area contributed by atoms with E-state index >= 15 is 0 Å². The molecule has 5 rings (SSSR count). The molecule has 0 aliphatic rings. The van der Waals surface area contributed by atoms with E-state index in [9.17, 15) is 9.59 Å². The Labute approximate surface area is 260 Å². The molecule has 0 saturated heterocycles. The number of aromatic nitrogens is 1. The van der Waals surface area contributed by atoms with Crippen LogP contribution in [0, 0.1) is 0 Å². The Balaban J connectivity index is 1.30. The topological polar surface area (TPSA) is 71.1 Å². The zero-order valence-corrected chi connectivity index (χ0v) is 25.2. The molecule has 10 heteroatoms. The molecule has 1 aromatic heterocycles. The number of nitrogens with one attached hydrogen (secondary N) is 2. The fourth-order valence-corrected chi connectivity index (χ4v) is 6.43. The molecule has 1 unspecified atom stereocenters. The third-order valence-electron chi connectivity index (χ3n) is 5.93. The third-order valence-corrected chi connectivity index (χ3v) is 8.74. The lowest BCUT2D eigenvalue weighted by Crippen LogP contribution is -2.19. The fourth-order valence-electron chi connectivity index (χ4n) is 4.00. The maximum Gasteiger partial charge on any atom is 0.244 e. The third kappa shape index (κ3) is 7.91. The number of anilines is 2. The van der Waals surface area contributed by atoms with Crippen molar-refractivity contribution in [2.24, 2.45) is 0 Å². The summed E-state index contributed by atoms with van der Waals surface area (Å²) in [5.74, 6) is -0.367. The van der Waals surface area contributed by atoms with Crippen molar-refractivity contribution in [3.63, 3.8) is 0 Å². The number of nitrogens with zero attached hydrogens (tertiary/aromatic N) is 1. The Kier molecular flexibility index (Phi) is 9.64. The van der Waals surface area contributed by atoms with Gasteiger partial charge < -0.3 is 10.6 Å². The number of hydrogen-bond acceptors (Lipinski definition) is 5. The zero-order valence-electron chi connectivity index (χ0n) is 21.3. The largest absolute Gasteiger partial charge is 0.326 e. The molecule has 0 spiro atoms. The Bertz CT molecular complexity index is 1680. The van der Waals surface area contributed by atoms with Crippen LogP contribution in [0.5, 0.6) is 0 Å². The summed E-state index contributed by atoms with van der Waals surface area (Å²) in [5.41, 5.74) is 3.73. The van der Waals surface area contributed by atoms with Crippen molar-refractivity contribution in [1.82, 2.24) is 4.98 Å². The van der Waals surface area contributed by atoms with Crippen LogP contribution in [0.4, 0.5) is 10.8 Å². The summed E-state index contributed by atoms with van der Waals surface area (Å²) in [7, 11) is 0. The average Bonchev–Trinajstić information content (AvgIpc) is 3.41. The number of thioether (sulfide) groups is 1. The van der Waals surface area contributed by atoms with Crippen LogP contribution in [0.25, 0.3) is 11.3 Å². The summed E-state index contributed by atoms with van der Waals surface area (Å²) >= 11 is 21.0. The highest BCUT2D eigenvalue weighted by atomic mass is 35.5. The molecule has 2 N–H and O–H groups in total. The first kappa shape index (κ1) is 29.2. The van der Waals surface area contributed by atoms with Gasteiger partial charge in [-0.05, 0) is 59.7 Å². The van der Waals surface area contributed by atoms with Crippen molar-refractivity contribution in [2.45, 2.75) is 16.6 Å². The second-order valence-corrected chi connectivity index (χ2v) is 12.3. The maximum absolute atomic E-state index is 13.6. The van der Waals surface area contributed by atoms with Gasteiger partial charge in [0.25, 0.3) is 0 Å². The highest BCUT2D eigenvalue weighted by Gasteiger charge is 2.24. The van der Waals surface area contributed by atoms with Gasteiger partial charge in [-0.2, -0.15) is 0 Å². The summed E-state index contributed by atoms with van der Waals surface area (Å²) in [4.78, 5) is 31.6. The highest BCUT2D eigenvalue weighted by molar-refractivity contribution is 8.00. The van der Waals surface area contributed by atoms with Crippen LogP contribution < -0.4 is 10.6 Å². The van der Waals surface area contributed by atoms with Crippen molar-refractivity contribution in [1.29, 1.82) is 0 Å². The second-order valence-electron chi connectivity index (χ2n) is 8.94. The van der Waals surface area contributed by atoms with E-state index < -0.39 is 5.25 Å². The first-order valence-corrected chi connectivity index (χ1v) is 15.3. The predicted molar refractivity (Wildman–Crippen MR) is 171 cm³/mol. The Morgan fingerprint density at radius 2 is 1.59 bits per heavy atom. The number of hydrogen-bond donors (Lipinski definition) is 2. The molecule has 5 nitrogen and oxygen atoms in total. The van der Waals surface area contributed by atoms with Crippen molar-refractivity contribution >= 4 is 80.5 Å². The zero-order chi connectivity index (χ0) is 28.8. The lowest BCUT2D eigenvalue weighted by atomic mass is 10.1. The van der Waals surface area contributed by atoms with Crippen molar-refractivity contribution in [3.05, 3.63) is 129 Å². The summed E-state index contributed by atoms with van der Waals surface area (Å²) < 4.78 is 0. The maximum atomic E-state index is 13.6. The van der Waals surface area contributed by atoms with Crippen molar-refractivity contribution < 1.29 is 9.59 Å². The summed E-state index contributed by atoms with van der Waals surface area (Å²) in [6.45, 7) is 0. The van der Waals surface area contributed by atoms with Gasteiger partial charge in [-0.3, -0.25) is 9.59 Å². The molecule has 0 aliphatic heterocycles. The smallest absolute Gasteiger partial charge is 0.244 e. The minimum Gasteiger partial charge on any atom is -0.326 e. The predicted octanol–water partition coefficient (Wildman–Crippen LogP) is 9.42. The normalized spacial score (nSPS) is 11.6. The molecule has 1 heterocycles. The monoisotopic (exact) mass is 637 g/mol. The molecule has 0 bridgehead atoms. The minimum absolute atomic E-state index is 0.146. The van der Waals surface area contributed by atoms with Gasteiger partial charge >= 0.3 is 0 Å². The second kappa shape index (κ2) is 13.6. The Morgan fingerprint density at radius 3 is 2.34 bits per heavy atom. The van der Waals surface area contributed by atoms with Gasteiger partial charge in [-0.15, -0.1) is 23.1 Å². The van der Waals surface area contributed by atoms with Crippen LogP contribution in [0.15, 0.2) is 107 Å². The Morgan fingerprint density at radius 1 is 0.829 bits per heavy atom. The molecule has 206 valence electrons. The van der Waals surface area contributed by atoms with Crippen LogP contribution in [-0.4, -0.2) is 16.8 Å². The van der Waals surface area contributed by atoms with Crippen LogP contribution in [0.3, 0.4) is 0 Å². The van der Waals surface area contributed by atoms with Gasteiger partial charge in [-0.1, -0.05) is 83.3 Å². The van der Waals surface area contributed by atoms with Crippen molar-refractivity contribution in [2.75, 3.05) is 10.6 Å². The molecule has 0 fully saturated rings. The molecule has 2 amide bonds. The molecule has 4 aromatic carbocycles. The molecule has 5 aromatic rings. The molecule has 0 saturated carbocycles. The first-order chi connectivity index (χ1) is 19.8. The molecule has 0 aliphatic carbocycles. The van der Waals surface area contributed by atoms with Crippen LogP contribution >= 0.6 is 57.9 Å². The molecule has 1 atom stereocenters. The first-order valence-electron chi connectivity index (χ1n) is 12.4. The van der Waals surface area contributed by atoms with E-state index in [-0.39, 0.29) is 18.2 Å². The van der Waals surface area contributed by atoms with Crippen LogP contribution in [0.2, 0.25) is 15.1 Å². The van der Waals surface area contributed by atoms with E-state index in [4.69, 9.17) is 34.8 Å². The quantitative estimate of drug-likeness (QED) is 0.158. The highest BCUT2D eigenvalue weighted by Crippen LogP contribution is 2.38. The summed E-state index contributed by atoms with van der Waals surface area (Å²) in [6.07, 6.45) is 0.223. The van der Waals surface area contributed by atoms with Gasteiger partial charge in [0.2, 0.25) is 11.8 Å². The standard InChI is InChI=1S/C31H22Cl3N3O2S2/c32-21-11-9-19(10-12-21)15-28(38)35-23-7-4-8-24(17-23)41-29(20-5-2-1-3-6-20)30(39)37-31-36-27(18-40-31)25-14-13-22(33)16-26(25)34/h1-14,16-18,29H,15H2,(H,35,38)(H,36,37,39). The minimum atomic E-state index is -0.567. The lowest BCUT2D eigenvalue weighted by Gasteiger charge is -2.17. The van der Waals surface area contributed by atoms with E-state index in [1.807, 2.05) is 72.1 Å². The summed E-state index contributed by atoms with van der Waals surface area (Å²) in [6, 6.07) is 29.3. The number of benzene rings is 4. The molecule has 0 radical (unpaired) electrons. The Hall–Kier alpha value is -3.33.